The van der Waals surface area contributed by atoms with Crippen molar-refractivity contribution in [2.24, 2.45) is 0 Å². The molecule has 0 saturated heterocycles. The molecule has 2 aromatic heterocycles. The largest absolute Gasteiger partial charge is 0.231 e. The van der Waals surface area contributed by atoms with Gasteiger partial charge in [-0.05, 0) is 30.3 Å². The summed E-state index contributed by atoms with van der Waals surface area (Å²) in [5.74, 6) is -1.07. The summed E-state index contributed by atoms with van der Waals surface area (Å²) in [7, 11) is 0. The number of fused-ring (bicyclic) bond motifs is 1. The molecule has 0 saturated carbocycles. The molecule has 3 rings (SSSR count). The lowest BCUT2D eigenvalue weighted by molar-refractivity contribution is 0.589. The lowest BCUT2D eigenvalue weighted by atomic mass is 10.3. The average molecular weight is 266 g/mol. The van der Waals surface area contributed by atoms with Gasteiger partial charge in [-0.3, -0.25) is 0 Å². The number of aromatic nitrogens is 3. The second kappa shape index (κ2) is 4.03. The van der Waals surface area contributed by atoms with Gasteiger partial charge in [-0.2, -0.15) is 9.49 Å². The first-order valence-corrected chi connectivity index (χ1v) is 5.48. The van der Waals surface area contributed by atoms with E-state index in [1.807, 2.05) is 0 Å². The quantitative estimate of drug-likeness (QED) is 0.632. The van der Waals surface area contributed by atoms with Crippen molar-refractivity contribution in [2.45, 2.75) is 0 Å². The molecule has 0 spiro atoms. The maximum Gasteiger partial charge on any atom is 0.213 e. The molecular formula is C12H6ClF2N3. The fourth-order valence-corrected chi connectivity index (χ4v) is 1.89. The van der Waals surface area contributed by atoms with E-state index in [2.05, 4.69) is 10.1 Å². The first-order chi connectivity index (χ1) is 8.65. The summed E-state index contributed by atoms with van der Waals surface area (Å²) in [6.45, 7) is 0. The SMILES string of the molecule is Fc1ccc2c(cnn2-c2ccc(F)c(Cl)c2)n1. The molecule has 3 nitrogen and oxygen atoms in total. The van der Waals surface area contributed by atoms with Crippen LogP contribution in [0.4, 0.5) is 8.78 Å². The third-order valence-corrected chi connectivity index (χ3v) is 2.83. The van der Waals surface area contributed by atoms with Crippen molar-refractivity contribution in [3.63, 3.8) is 0 Å². The summed E-state index contributed by atoms with van der Waals surface area (Å²) >= 11 is 5.72. The van der Waals surface area contributed by atoms with Crippen LogP contribution in [0.2, 0.25) is 5.02 Å². The van der Waals surface area contributed by atoms with Crippen LogP contribution >= 0.6 is 11.6 Å². The Morgan fingerprint density at radius 2 is 1.94 bits per heavy atom. The van der Waals surface area contributed by atoms with E-state index in [1.165, 1.54) is 35.1 Å². The molecule has 6 heteroatoms. The number of pyridine rings is 1. The number of halogens is 3. The molecule has 0 aliphatic heterocycles. The number of hydrogen-bond acceptors (Lipinski definition) is 2. The van der Waals surface area contributed by atoms with Crippen LogP contribution in [0.25, 0.3) is 16.7 Å². The zero-order valence-corrected chi connectivity index (χ0v) is 9.70. The number of hydrogen-bond donors (Lipinski definition) is 0. The predicted molar refractivity (Wildman–Crippen MR) is 63.8 cm³/mol. The molecule has 2 heterocycles. The van der Waals surface area contributed by atoms with Crippen LogP contribution in [-0.4, -0.2) is 14.8 Å². The second-order valence-corrected chi connectivity index (χ2v) is 4.10. The van der Waals surface area contributed by atoms with Gasteiger partial charge in [-0.1, -0.05) is 11.6 Å². The van der Waals surface area contributed by atoms with E-state index < -0.39 is 11.8 Å². The molecule has 0 radical (unpaired) electrons. The maximum atomic E-state index is 13.1. The van der Waals surface area contributed by atoms with E-state index in [-0.39, 0.29) is 5.02 Å². The van der Waals surface area contributed by atoms with E-state index in [0.29, 0.717) is 16.7 Å². The molecular weight excluding hydrogens is 260 g/mol. The van der Waals surface area contributed by atoms with Gasteiger partial charge < -0.3 is 0 Å². The van der Waals surface area contributed by atoms with Gasteiger partial charge in [0.1, 0.15) is 11.3 Å². The first kappa shape index (κ1) is 11.1. The Morgan fingerprint density at radius 1 is 1.11 bits per heavy atom. The summed E-state index contributed by atoms with van der Waals surface area (Å²) in [6, 6.07) is 7.04. The Bertz CT molecular complexity index is 739. The van der Waals surface area contributed by atoms with Gasteiger partial charge in [0.25, 0.3) is 0 Å². The topological polar surface area (TPSA) is 30.7 Å². The van der Waals surface area contributed by atoms with Crippen LogP contribution in [0, 0.1) is 11.8 Å². The normalized spacial score (nSPS) is 11.1. The van der Waals surface area contributed by atoms with Gasteiger partial charge in [-0.25, -0.2) is 14.1 Å². The van der Waals surface area contributed by atoms with Gasteiger partial charge >= 0.3 is 0 Å². The highest BCUT2D eigenvalue weighted by Gasteiger charge is 2.08. The van der Waals surface area contributed by atoms with Gasteiger partial charge in [0, 0.05) is 0 Å². The molecule has 0 atom stereocenters. The van der Waals surface area contributed by atoms with Crippen LogP contribution in [0.5, 0.6) is 0 Å². The Labute approximate surface area is 106 Å². The summed E-state index contributed by atoms with van der Waals surface area (Å²) in [5.41, 5.74) is 1.64. The lowest BCUT2D eigenvalue weighted by Crippen LogP contribution is -1.96. The molecule has 0 bridgehead atoms. The minimum Gasteiger partial charge on any atom is -0.231 e. The smallest absolute Gasteiger partial charge is 0.213 e. The van der Waals surface area contributed by atoms with Crippen molar-refractivity contribution < 1.29 is 8.78 Å². The van der Waals surface area contributed by atoms with Crippen LogP contribution in [-0.2, 0) is 0 Å². The minimum absolute atomic E-state index is 0.00576. The fourth-order valence-electron chi connectivity index (χ4n) is 1.71. The predicted octanol–water partition coefficient (Wildman–Crippen LogP) is 3.35. The van der Waals surface area contributed by atoms with Gasteiger partial charge in [0.15, 0.2) is 0 Å². The molecule has 0 aliphatic carbocycles. The molecule has 90 valence electrons. The third kappa shape index (κ3) is 1.73. The summed E-state index contributed by atoms with van der Waals surface area (Å²) in [4.78, 5) is 3.70. The third-order valence-electron chi connectivity index (χ3n) is 2.54. The summed E-state index contributed by atoms with van der Waals surface area (Å²) < 4.78 is 27.6. The molecule has 0 aliphatic rings. The van der Waals surface area contributed by atoms with Crippen LogP contribution in [0.15, 0.2) is 36.5 Å². The monoisotopic (exact) mass is 265 g/mol. The van der Waals surface area contributed by atoms with Gasteiger partial charge in [0.2, 0.25) is 5.95 Å². The Kier molecular flexibility index (Phi) is 2.48. The van der Waals surface area contributed by atoms with Crippen LogP contribution in [0.3, 0.4) is 0 Å². The molecule has 3 aromatic rings. The van der Waals surface area contributed by atoms with Crippen molar-refractivity contribution in [3.8, 4) is 5.69 Å². The Morgan fingerprint density at radius 3 is 2.72 bits per heavy atom. The molecule has 0 amide bonds. The highest BCUT2D eigenvalue weighted by Crippen LogP contribution is 2.21. The van der Waals surface area contributed by atoms with Crippen molar-refractivity contribution in [3.05, 3.63) is 53.3 Å². The van der Waals surface area contributed by atoms with Crippen molar-refractivity contribution in [1.29, 1.82) is 0 Å². The van der Waals surface area contributed by atoms with E-state index in [4.69, 9.17) is 11.6 Å². The minimum atomic E-state index is -0.570. The zero-order chi connectivity index (χ0) is 12.7. The fraction of sp³-hybridized carbons (Fsp3) is 0. The molecule has 1 aromatic carbocycles. The summed E-state index contributed by atoms with van der Waals surface area (Å²) in [6.07, 6.45) is 1.44. The highest BCUT2D eigenvalue weighted by atomic mass is 35.5. The Hall–Kier alpha value is -2.01. The standard InChI is InChI=1S/C12H6ClF2N3/c13-8-5-7(1-2-9(8)14)18-11-3-4-12(15)17-10(11)6-16-18/h1-6H. The first-order valence-electron chi connectivity index (χ1n) is 5.11. The van der Waals surface area contributed by atoms with Gasteiger partial charge in [-0.15, -0.1) is 0 Å². The van der Waals surface area contributed by atoms with E-state index in [1.54, 1.807) is 6.07 Å². The number of rotatable bonds is 1. The maximum absolute atomic E-state index is 13.1. The van der Waals surface area contributed by atoms with Crippen molar-refractivity contribution >= 4 is 22.6 Å². The summed E-state index contributed by atoms with van der Waals surface area (Å²) in [5, 5.41) is 4.09. The highest BCUT2D eigenvalue weighted by molar-refractivity contribution is 6.30. The molecule has 0 unspecified atom stereocenters. The van der Waals surface area contributed by atoms with E-state index in [0.717, 1.165) is 0 Å². The molecule has 0 fully saturated rings. The molecule has 18 heavy (non-hydrogen) atoms. The van der Waals surface area contributed by atoms with Crippen molar-refractivity contribution in [1.82, 2.24) is 14.8 Å². The van der Waals surface area contributed by atoms with Crippen molar-refractivity contribution in [2.75, 3.05) is 0 Å². The lowest BCUT2D eigenvalue weighted by Gasteiger charge is -2.04. The second-order valence-electron chi connectivity index (χ2n) is 3.69. The average Bonchev–Trinajstić information content (AvgIpc) is 2.75. The van der Waals surface area contributed by atoms with E-state index in [9.17, 15) is 8.78 Å². The van der Waals surface area contributed by atoms with Crippen LogP contribution in [0.1, 0.15) is 0 Å². The van der Waals surface area contributed by atoms with Gasteiger partial charge in [0.05, 0.1) is 22.4 Å². The Balaban J connectivity index is 2.22. The number of benzene rings is 1. The van der Waals surface area contributed by atoms with Crippen LogP contribution < -0.4 is 0 Å². The van der Waals surface area contributed by atoms with E-state index >= 15 is 0 Å². The number of nitrogens with zero attached hydrogens (tertiary/aromatic N) is 3. The zero-order valence-electron chi connectivity index (χ0n) is 8.94. The molecule has 0 N–H and O–H groups in total.